The Labute approximate surface area is 153 Å². The summed E-state index contributed by atoms with van der Waals surface area (Å²) in [6.07, 6.45) is 2.17. The number of hydrogen-bond acceptors (Lipinski definition) is 2. The number of thioether (sulfide) groups is 1. The first-order valence-electron chi connectivity index (χ1n) is 8.72. The molecular formula is C21H22N2OS. The van der Waals surface area contributed by atoms with Crippen LogP contribution in [0.25, 0.3) is 0 Å². The van der Waals surface area contributed by atoms with Crippen LogP contribution in [0.3, 0.4) is 0 Å². The molecule has 2 aromatic rings. The molecule has 0 radical (unpaired) electrons. The maximum atomic E-state index is 13.2. The second-order valence-electron chi connectivity index (χ2n) is 6.52. The smallest absolute Gasteiger partial charge is 0.314 e. The van der Waals surface area contributed by atoms with Gasteiger partial charge in [-0.05, 0) is 18.1 Å². The zero-order valence-electron chi connectivity index (χ0n) is 14.3. The Bertz CT molecular complexity index is 775. The van der Waals surface area contributed by atoms with E-state index in [1.165, 1.54) is 16.0 Å². The summed E-state index contributed by atoms with van der Waals surface area (Å²) in [5.74, 6) is 0.980. The fraction of sp³-hybridized carbons (Fsp3) is 0.286. The van der Waals surface area contributed by atoms with Gasteiger partial charge in [0.2, 0.25) is 0 Å². The summed E-state index contributed by atoms with van der Waals surface area (Å²) in [6, 6.07) is 21.2. The van der Waals surface area contributed by atoms with Gasteiger partial charge in [0.25, 0.3) is 0 Å². The second kappa shape index (κ2) is 6.96. The lowest BCUT2D eigenvalue weighted by Gasteiger charge is -2.23. The molecule has 0 spiro atoms. The van der Waals surface area contributed by atoms with Crippen LogP contribution in [-0.4, -0.2) is 33.7 Å². The highest BCUT2D eigenvalue weighted by atomic mass is 32.2. The summed E-state index contributed by atoms with van der Waals surface area (Å²) in [7, 11) is 0. The number of nitrogens with zero attached hydrogens (tertiary/aromatic N) is 2. The van der Waals surface area contributed by atoms with Gasteiger partial charge >= 0.3 is 6.03 Å². The molecule has 0 aromatic heterocycles. The molecule has 2 aliphatic rings. The molecular weight excluding hydrogens is 328 g/mol. The normalized spacial score (nSPS) is 24.2. The summed E-state index contributed by atoms with van der Waals surface area (Å²) >= 11 is 1.89. The second-order valence-corrected chi connectivity index (χ2v) is 7.62. The first kappa shape index (κ1) is 16.3. The number of urea groups is 1. The van der Waals surface area contributed by atoms with E-state index in [4.69, 9.17) is 0 Å². The van der Waals surface area contributed by atoms with E-state index in [0.717, 1.165) is 5.75 Å². The third-order valence-corrected chi connectivity index (χ3v) is 6.30. The molecule has 2 atom stereocenters. The topological polar surface area (TPSA) is 23.6 Å². The van der Waals surface area contributed by atoms with Crippen molar-refractivity contribution in [1.29, 1.82) is 0 Å². The molecule has 0 aliphatic carbocycles. The van der Waals surface area contributed by atoms with Gasteiger partial charge in [-0.25, -0.2) is 4.79 Å². The van der Waals surface area contributed by atoms with E-state index < -0.39 is 0 Å². The number of allylic oxidation sites excluding steroid dienone is 1. The molecule has 25 heavy (non-hydrogen) atoms. The maximum Gasteiger partial charge on any atom is 0.321 e. The first-order valence-corrected chi connectivity index (χ1v) is 9.70. The van der Waals surface area contributed by atoms with Crippen LogP contribution in [0.5, 0.6) is 0 Å². The summed E-state index contributed by atoms with van der Waals surface area (Å²) in [4.78, 5) is 18.6. The molecule has 128 valence electrons. The van der Waals surface area contributed by atoms with Crippen molar-refractivity contribution in [2.24, 2.45) is 0 Å². The number of benzene rings is 2. The van der Waals surface area contributed by atoms with Crippen molar-refractivity contribution in [3.8, 4) is 0 Å². The molecule has 0 N–H and O–H groups in total. The lowest BCUT2D eigenvalue weighted by molar-refractivity contribution is 0.183. The molecule has 0 bridgehead atoms. The van der Waals surface area contributed by atoms with Gasteiger partial charge in [-0.3, -0.25) is 0 Å². The largest absolute Gasteiger partial charge is 0.321 e. The quantitative estimate of drug-likeness (QED) is 0.757. The van der Waals surface area contributed by atoms with Gasteiger partial charge in [0.05, 0.1) is 12.1 Å². The zero-order valence-corrected chi connectivity index (χ0v) is 15.2. The molecule has 2 saturated heterocycles. The lowest BCUT2D eigenvalue weighted by atomic mass is 10.1. The number of hydrogen-bond donors (Lipinski definition) is 0. The molecule has 2 fully saturated rings. The number of rotatable bonds is 4. The van der Waals surface area contributed by atoms with E-state index in [2.05, 4.69) is 47.1 Å². The van der Waals surface area contributed by atoms with Crippen LogP contribution in [0.15, 0.2) is 71.6 Å². The molecule has 0 saturated carbocycles. The zero-order chi connectivity index (χ0) is 17.2. The third kappa shape index (κ3) is 3.07. The van der Waals surface area contributed by atoms with Gasteiger partial charge in [0.1, 0.15) is 0 Å². The predicted octanol–water partition coefficient (Wildman–Crippen LogP) is 4.51. The van der Waals surface area contributed by atoms with Crippen molar-refractivity contribution < 1.29 is 4.79 Å². The minimum Gasteiger partial charge on any atom is -0.314 e. The van der Waals surface area contributed by atoms with Gasteiger partial charge in [-0.2, -0.15) is 0 Å². The van der Waals surface area contributed by atoms with E-state index >= 15 is 0 Å². The molecule has 2 amide bonds. The Hall–Kier alpha value is -2.20. The summed E-state index contributed by atoms with van der Waals surface area (Å²) < 4.78 is 0. The minimum absolute atomic E-state index is 0.155. The van der Waals surface area contributed by atoms with Crippen molar-refractivity contribution in [2.75, 3.05) is 5.75 Å². The van der Waals surface area contributed by atoms with E-state index in [1.54, 1.807) is 0 Å². The highest BCUT2D eigenvalue weighted by molar-refractivity contribution is 8.03. The van der Waals surface area contributed by atoms with Crippen LogP contribution in [0, 0.1) is 0 Å². The molecule has 0 unspecified atom stereocenters. The predicted molar refractivity (Wildman–Crippen MR) is 103 cm³/mol. The van der Waals surface area contributed by atoms with Crippen molar-refractivity contribution in [2.45, 2.75) is 32.1 Å². The minimum atomic E-state index is 0.155. The molecule has 2 heterocycles. The number of amides is 2. The number of carbonyl (C=O) groups excluding carboxylic acids is 1. The van der Waals surface area contributed by atoms with Crippen LogP contribution in [0.4, 0.5) is 4.79 Å². The standard InChI is InChI=1S/C21H22N2OS/c1-2-19-20-18(15-25-19)22(13-16-9-5-3-6-10-16)21(24)23(20)14-17-11-7-4-8-12-17/h2-12,18,20H,13-15H2,1H3/b19-2+/t18-,20-/m0/s1. The summed E-state index contributed by atoms with van der Waals surface area (Å²) in [5, 5.41) is 0. The third-order valence-electron chi connectivity index (χ3n) is 4.98. The lowest BCUT2D eigenvalue weighted by Crippen LogP contribution is -2.35. The summed E-state index contributed by atoms with van der Waals surface area (Å²) in [5.41, 5.74) is 2.37. The molecule has 2 aromatic carbocycles. The maximum absolute atomic E-state index is 13.2. The van der Waals surface area contributed by atoms with E-state index in [0.29, 0.717) is 13.1 Å². The van der Waals surface area contributed by atoms with E-state index in [-0.39, 0.29) is 18.1 Å². The fourth-order valence-electron chi connectivity index (χ4n) is 3.76. The number of fused-ring (bicyclic) bond motifs is 1. The van der Waals surface area contributed by atoms with Crippen LogP contribution >= 0.6 is 11.8 Å². The van der Waals surface area contributed by atoms with Crippen LogP contribution in [0.2, 0.25) is 0 Å². The molecule has 2 aliphatic heterocycles. The van der Waals surface area contributed by atoms with Gasteiger partial charge < -0.3 is 9.80 Å². The van der Waals surface area contributed by atoms with Gasteiger partial charge in [0, 0.05) is 23.7 Å². The molecule has 3 nitrogen and oxygen atoms in total. The Morgan fingerprint density at radius 2 is 1.52 bits per heavy atom. The van der Waals surface area contributed by atoms with Crippen LogP contribution < -0.4 is 0 Å². The SMILES string of the molecule is C/C=C1/SC[C@H]2[C@@H]1N(Cc1ccccc1)C(=O)N2Cc1ccccc1. The average Bonchev–Trinajstić information content (AvgIpc) is 3.18. The van der Waals surface area contributed by atoms with Crippen molar-refractivity contribution >= 4 is 17.8 Å². The van der Waals surface area contributed by atoms with Crippen molar-refractivity contribution in [3.63, 3.8) is 0 Å². The van der Waals surface area contributed by atoms with Crippen LogP contribution in [0.1, 0.15) is 18.1 Å². The molecule has 4 heteroatoms. The Balaban J connectivity index is 1.63. The van der Waals surface area contributed by atoms with Crippen LogP contribution in [-0.2, 0) is 13.1 Å². The Kier molecular flexibility index (Phi) is 4.53. The highest BCUT2D eigenvalue weighted by Crippen LogP contribution is 2.43. The number of carbonyl (C=O) groups is 1. The first-order chi connectivity index (χ1) is 12.3. The monoisotopic (exact) mass is 350 g/mol. The van der Waals surface area contributed by atoms with Crippen molar-refractivity contribution in [3.05, 3.63) is 82.8 Å². The summed E-state index contributed by atoms with van der Waals surface area (Å²) in [6.45, 7) is 3.43. The Morgan fingerprint density at radius 1 is 0.960 bits per heavy atom. The van der Waals surface area contributed by atoms with Crippen molar-refractivity contribution in [1.82, 2.24) is 9.80 Å². The van der Waals surface area contributed by atoms with E-state index in [1.807, 2.05) is 48.2 Å². The highest BCUT2D eigenvalue weighted by Gasteiger charge is 2.50. The van der Waals surface area contributed by atoms with E-state index in [9.17, 15) is 4.79 Å². The molecule has 4 rings (SSSR count). The van der Waals surface area contributed by atoms with Gasteiger partial charge in [-0.15, -0.1) is 11.8 Å². The Morgan fingerprint density at radius 3 is 2.08 bits per heavy atom. The fourth-order valence-corrected chi connectivity index (χ4v) is 5.11. The van der Waals surface area contributed by atoms with Gasteiger partial charge in [0.15, 0.2) is 0 Å². The van der Waals surface area contributed by atoms with Gasteiger partial charge in [-0.1, -0.05) is 66.7 Å². The average molecular weight is 350 g/mol.